The van der Waals surface area contributed by atoms with Crippen LogP contribution in [0.1, 0.15) is 20.3 Å². The number of hydrogen-bond donors (Lipinski definition) is 0. The van der Waals surface area contributed by atoms with Crippen LogP contribution in [0, 0.1) is 5.92 Å². The van der Waals surface area contributed by atoms with Gasteiger partial charge in [-0.15, -0.1) is 23.5 Å². The molecule has 0 fully saturated rings. The molecular weight excluding hydrogens is 208 g/mol. The Labute approximate surface area is 95.9 Å². The number of hydrogen-bond acceptors (Lipinski definition) is 2. The van der Waals surface area contributed by atoms with E-state index in [0.717, 1.165) is 5.92 Å². The second kappa shape index (κ2) is 6.41. The van der Waals surface area contributed by atoms with Gasteiger partial charge in [-0.3, -0.25) is 0 Å². The fraction of sp³-hybridized carbons (Fsp3) is 0.500. The van der Waals surface area contributed by atoms with Crippen molar-refractivity contribution in [2.45, 2.75) is 30.1 Å². The highest BCUT2D eigenvalue weighted by molar-refractivity contribution is 7.99. The molecule has 0 N–H and O–H groups in total. The molecule has 0 heterocycles. The van der Waals surface area contributed by atoms with E-state index in [9.17, 15) is 0 Å². The minimum Gasteiger partial charge on any atom is -0.130 e. The maximum absolute atomic E-state index is 2.28. The van der Waals surface area contributed by atoms with E-state index in [0.29, 0.717) is 0 Å². The molecule has 1 aromatic rings. The third-order valence-electron chi connectivity index (χ3n) is 2.02. The molecule has 1 aromatic carbocycles. The summed E-state index contributed by atoms with van der Waals surface area (Å²) in [6, 6.07) is 8.83. The predicted molar refractivity (Wildman–Crippen MR) is 68.4 cm³/mol. The lowest BCUT2D eigenvalue weighted by Gasteiger charge is -2.04. The summed E-state index contributed by atoms with van der Waals surface area (Å²) in [4.78, 5) is 2.74. The first-order valence-electron chi connectivity index (χ1n) is 4.99. The molecule has 0 nitrogen and oxygen atoms in total. The van der Waals surface area contributed by atoms with Crippen molar-refractivity contribution in [2.75, 3.05) is 12.0 Å². The number of thioether (sulfide) groups is 2. The van der Waals surface area contributed by atoms with E-state index in [4.69, 9.17) is 0 Å². The Balaban J connectivity index is 2.36. The second-order valence-electron chi connectivity index (χ2n) is 3.71. The molecule has 0 amide bonds. The Bertz CT molecular complexity index is 252. The summed E-state index contributed by atoms with van der Waals surface area (Å²) in [5, 5.41) is 0. The molecule has 0 aliphatic rings. The van der Waals surface area contributed by atoms with Crippen molar-refractivity contribution in [3.05, 3.63) is 24.3 Å². The highest BCUT2D eigenvalue weighted by atomic mass is 32.2. The van der Waals surface area contributed by atoms with E-state index in [1.54, 1.807) is 11.8 Å². The first-order valence-corrected chi connectivity index (χ1v) is 7.20. The van der Waals surface area contributed by atoms with Crippen molar-refractivity contribution in [1.29, 1.82) is 0 Å². The molecule has 2 heteroatoms. The van der Waals surface area contributed by atoms with Gasteiger partial charge in [-0.1, -0.05) is 13.8 Å². The zero-order valence-corrected chi connectivity index (χ0v) is 10.8. The van der Waals surface area contributed by atoms with E-state index >= 15 is 0 Å². The summed E-state index contributed by atoms with van der Waals surface area (Å²) < 4.78 is 0. The maximum Gasteiger partial charge on any atom is 0.00727 e. The minimum absolute atomic E-state index is 0.813. The van der Waals surface area contributed by atoms with E-state index in [1.807, 2.05) is 11.8 Å². The highest BCUT2D eigenvalue weighted by Gasteiger charge is 1.97. The lowest BCUT2D eigenvalue weighted by atomic mass is 10.2. The fourth-order valence-corrected chi connectivity index (χ4v) is 2.65. The summed E-state index contributed by atoms with van der Waals surface area (Å²) >= 11 is 3.76. The van der Waals surface area contributed by atoms with E-state index in [-0.39, 0.29) is 0 Å². The first-order chi connectivity index (χ1) is 6.72. The lowest BCUT2D eigenvalue weighted by Crippen LogP contribution is -1.88. The van der Waals surface area contributed by atoms with Crippen LogP contribution in [0.4, 0.5) is 0 Å². The van der Waals surface area contributed by atoms with Crippen LogP contribution in [0.15, 0.2) is 34.1 Å². The summed E-state index contributed by atoms with van der Waals surface area (Å²) in [5.41, 5.74) is 0. The molecule has 1 rings (SSSR count). The van der Waals surface area contributed by atoms with Gasteiger partial charge in [0, 0.05) is 9.79 Å². The third kappa shape index (κ3) is 4.43. The molecule has 0 unspecified atom stereocenters. The molecule has 78 valence electrons. The van der Waals surface area contributed by atoms with Crippen molar-refractivity contribution in [3.63, 3.8) is 0 Å². The summed E-state index contributed by atoms with van der Waals surface area (Å²) in [6.07, 6.45) is 3.41. The van der Waals surface area contributed by atoms with Crippen molar-refractivity contribution in [1.82, 2.24) is 0 Å². The summed E-state index contributed by atoms with van der Waals surface area (Å²) in [5.74, 6) is 2.05. The molecular formula is C12H18S2. The Morgan fingerprint density at radius 3 is 2.14 bits per heavy atom. The molecule has 0 aliphatic heterocycles. The number of rotatable bonds is 5. The number of benzene rings is 1. The van der Waals surface area contributed by atoms with Crippen LogP contribution in [0.5, 0.6) is 0 Å². The third-order valence-corrected chi connectivity index (χ3v) is 3.81. The van der Waals surface area contributed by atoms with E-state index < -0.39 is 0 Å². The topological polar surface area (TPSA) is 0 Å². The molecule has 0 aliphatic carbocycles. The van der Waals surface area contributed by atoms with Crippen LogP contribution < -0.4 is 0 Å². The Kier molecular flexibility index (Phi) is 5.49. The average Bonchev–Trinajstić information content (AvgIpc) is 2.18. The quantitative estimate of drug-likeness (QED) is 0.676. The Morgan fingerprint density at radius 1 is 1.07 bits per heavy atom. The van der Waals surface area contributed by atoms with Gasteiger partial charge in [0.05, 0.1) is 0 Å². The summed E-state index contributed by atoms with van der Waals surface area (Å²) in [6.45, 7) is 4.55. The van der Waals surface area contributed by atoms with Crippen LogP contribution in [0.25, 0.3) is 0 Å². The van der Waals surface area contributed by atoms with Gasteiger partial charge in [0.15, 0.2) is 0 Å². The van der Waals surface area contributed by atoms with Crippen molar-refractivity contribution < 1.29 is 0 Å². The average molecular weight is 226 g/mol. The molecule has 14 heavy (non-hydrogen) atoms. The van der Waals surface area contributed by atoms with Gasteiger partial charge in [-0.2, -0.15) is 0 Å². The van der Waals surface area contributed by atoms with Gasteiger partial charge in [0.25, 0.3) is 0 Å². The van der Waals surface area contributed by atoms with Gasteiger partial charge in [0.1, 0.15) is 0 Å². The lowest BCUT2D eigenvalue weighted by molar-refractivity contribution is 0.632. The molecule has 0 atom stereocenters. The van der Waals surface area contributed by atoms with Crippen molar-refractivity contribution in [2.24, 2.45) is 5.92 Å². The maximum atomic E-state index is 2.28. The molecule has 0 saturated heterocycles. The van der Waals surface area contributed by atoms with Crippen LogP contribution in [-0.4, -0.2) is 12.0 Å². The second-order valence-corrected chi connectivity index (χ2v) is 5.75. The standard InChI is InChI=1S/C12H18S2/c1-10(2)8-9-14-12-6-4-11(13-3)5-7-12/h4-7,10H,8-9H2,1-3H3. The molecule has 0 saturated carbocycles. The molecule has 0 spiro atoms. The Morgan fingerprint density at radius 2 is 1.64 bits per heavy atom. The van der Waals surface area contributed by atoms with E-state index in [1.165, 1.54) is 22.0 Å². The Hall–Kier alpha value is -0.0800. The van der Waals surface area contributed by atoms with Crippen LogP contribution in [0.3, 0.4) is 0 Å². The van der Waals surface area contributed by atoms with Gasteiger partial charge < -0.3 is 0 Å². The van der Waals surface area contributed by atoms with Crippen molar-refractivity contribution >= 4 is 23.5 Å². The van der Waals surface area contributed by atoms with Gasteiger partial charge in [-0.25, -0.2) is 0 Å². The zero-order chi connectivity index (χ0) is 10.4. The smallest absolute Gasteiger partial charge is 0.00727 e. The van der Waals surface area contributed by atoms with E-state index in [2.05, 4.69) is 44.4 Å². The first kappa shape index (κ1) is 12.0. The SMILES string of the molecule is CSc1ccc(SCCC(C)C)cc1. The van der Waals surface area contributed by atoms with Gasteiger partial charge in [-0.05, 0) is 48.6 Å². The highest BCUT2D eigenvalue weighted by Crippen LogP contribution is 2.23. The normalized spacial score (nSPS) is 10.9. The molecule has 0 aromatic heterocycles. The largest absolute Gasteiger partial charge is 0.130 e. The molecule has 0 radical (unpaired) electrons. The van der Waals surface area contributed by atoms with Crippen LogP contribution >= 0.6 is 23.5 Å². The van der Waals surface area contributed by atoms with Crippen LogP contribution in [-0.2, 0) is 0 Å². The summed E-state index contributed by atoms with van der Waals surface area (Å²) in [7, 11) is 0. The van der Waals surface area contributed by atoms with Crippen molar-refractivity contribution in [3.8, 4) is 0 Å². The zero-order valence-electron chi connectivity index (χ0n) is 9.12. The van der Waals surface area contributed by atoms with Gasteiger partial charge in [0.2, 0.25) is 0 Å². The monoisotopic (exact) mass is 226 g/mol. The van der Waals surface area contributed by atoms with Gasteiger partial charge >= 0.3 is 0 Å². The predicted octanol–water partition coefficient (Wildman–Crippen LogP) is 4.55. The fourth-order valence-electron chi connectivity index (χ4n) is 1.08. The minimum atomic E-state index is 0.813. The van der Waals surface area contributed by atoms with Crippen LogP contribution in [0.2, 0.25) is 0 Å². The molecule has 0 bridgehead atoms.